The Kier molecular flexibility index (Phi) is 4.36. The van der Waals surface area contributed by atoms with Gasteiger partial charge in [0, 0.05) is 4.47 Å². The van der Waals surface area contributed by atoms with Crippen LogP contribution in [-0.2, 0) is 0 Å². The van der Waals surface area contributed by atoms with E-state index in [1.807, 2.05) is 0 Å². The Morgan fingerprint density at radius 2 is 0.839 bits per heavy atom. The largest absolute Gasteiger partial charge is 0.0622 e. The van der Waals surface area contributed by atoms with Crippen molar-refractivity contribution in [3.8, 4) is 22.3 Å². The van der Waals surface area contributed by atoms with Crippen LogP contribution < -0.4 is 0 Å². The Hall–Kier alpha value is -3.42. The molecule has 0 aliphatic carbocycles. The van der Waals surface area contributed by atoms with Crippen molar-refractivity contribution in [3.63, 3.8) is 0 Å². The van der Waals surface area contributed by atoms with Crippen molar-refractivity contribution >= 4 is 48.2 Å². The molecule has 0 atom stereocenters. The van der Waals surface area contributed by atoms with Crippen molar-refractivity contribution in [2.45, 2.75) is 0 Å². The maximum Gasteiger partial charge on any atom is 0.0175 e. The first-order valence-corrected chi connectivity index (χ1v) is 11.3. The molecular weight excluding hydrogens is 440 g/mol. The van der Waals surface area contributed by atoms with Crippen LogP contribution in [0.2, 0.25) is 0 Å². The zero-order valence-corrected chi connectivity index (χ0v) is 18.4. The van der Waals surface area contributed by atoms with E-state index in [0.717, 1.165) is 4.47 Å². The first-order valence-electron chi connectivity index (χ1n) is 10.5. The zero-order chi connectivity index (χ0) is 20.8. The molecule has 146 valence electrons. The van der Waals surface area contributed by atoms with Crippen LogP contribution in [0.25, 0.3) is 54.6 Å². The van der Waals surface area contributed by atoms with E-state index >= 15 is 0 Å². The van der Waals surface area contributed by atoms with Gasteiger partial charge in [0.05, 0.1) is 0 Å². The molecule has 0 aromatic heterocycles. The van der Waals surface area contributed by atoms with E-state index in [2.05, 4.69) is 131 Å². The van der Waals surface area contributed by atoms with Crippen molar-refractivity contribution in [2.24, 2.45) is 0 Å². The predicted molar refractivity (Wildman–Crippen MR) is 138 cm³/mol. The molecule has 0 unspecified atom stereocenters. The smallest absolute Gasteiger partial charge is 0.0175 e. The Bertz CT molecular complexity index is 1560. The molecule has 0 radical (unpaired) electrons. The van der Waals surface area contributed by atoms with Gasteiger partial charge >= 0.3 is 0 Å². The highest BCUT2D eigenvalue weighted by Crippen LogP contribution is 2.44. The number of hydrogen-bond acceptors (Lipinski definition) is 0. The quantitative estimate of drug-likeness (QED) is 0.226. The highest BCUT2D eigenvalue weighted by atomic mass is 79.9. The molecule has 6 aromatic rings. The third-order valence-corrected chi connectivity index (χ3v) is 6.61. The number of hydrogen-bond donors (Lipinski definition) is 0. The fourth-order valence-corrected chi connectivity index (χ4v) is 4.97. The van der Waals surface area contributed by atoms with Crippen LogP contribution in [0.1, 0.15) is 0 Å². The molecule has 0 fully saturated rings. The maximum absolute atomic E-state index is 3.59. The van der Waals surface area contributed by atoms with E-state index in [1.54, 1.807) is 0 Å². The summed E-state index contributed by atoms with van der Waals surface area (Å²) >= 11 is 3.59. The van der Waals surface area contributed by atoms with Crippen molar-refractivity contribution in [1.82, 2.24) is 0 Å². The summed E-state index contributed by atoms with van der Waals surface area (Å²) in [5.74, 6) is 0. The summed E-state index contributed by atoms with van der Waals surface area (Å²) in [5.41, 5.74) is 5.09. The van der Waals surface area contributed by atoms with Crippen LogP contribution in [0.5, 0.6) is 0 Å². The lowest BCUT2D eigenvalue weighted by Crippen LogP contribution is -1.91. The van der Waals surface area contributed by atoms with Crippen LogP contribution >= 0.6 is 15.9 Å². The number of fused-ring (bicyclic) bond motifs is 3. The topological polar surface area (TPSA) is 0 Å². The first kappa shape index (κ1) is 18.4. The van der Waals surface area contributed by atoms with E-state index in [1.165, 1.54) is 54.6 Å². The minimum absolute atomic E-state index is 1.09. The van der Waals surface area contributed by atoms with Crippen molar-refractivity contribution in [3.05, 3.63) is 120 Å². The summed E-state index contributed by atoms with van der Waals surface area (Å²) in [7, 11) is 0. The van der Waals surface area contributed by atoms with Crippen molar-refractivity contribution < 1.29 is 0 Å². The highest BCUT2D eigenvalue weighted by molar-refractivity contribution is 9.10. The predicted octanol–water partition coefficient (Wildman–Crippen LogP) is 9.24. The van der Waals surface area contributed by atoms with Gasteiger partial charge < -0.3 is 0 Å². The van der Waals surface area contributed by atoms with Crippen molar-refractivity contribution in [2.75, 3.05) is 0 Å². The molecule has 0 nitrogen and oxygen atoms in total. The second-order valence-corrected chi connectivity index (χ2v) is 8.83. The number of rotatable bonds is 2. The van der Waals surface area contributed by atoms with Crippen molar-refractivity contribution in [1.29, 1.82) is 0 Å². The van der Waals surface area contributed by atoms with Gasteiger partial charge in [-0.1, -0.05) is 107 Å². The summed E-state index contributed by atoms with van der Waals surface area (Å²) in [4.78, 5) is 0. The minimum Gasteiger partial charge on any atom is -0.0622 e. The van der Waals surface area contributed by atoms with Gasteiger partial charge in [-0.05, 0) is 78.8 Å². The minimum atomic E-state index is 1.09. The Morgan fingerprint density at radius 3 is 1.39 bits per heavy atom. The standard InChI is InChI=1S/C30H19Br/c31-24-16-14-21(15-17-24)30-26-13-7-6-12-25(26)29(20-8-2-1-3-9-20)27-18-22-10-4-5-11-23(22)19-28(27)30/h1-19H. The van der Waals surface area contributed by atoms with Gasteiger partial charge in [0.25, 0.3) is 0 Å². The van der Waals surface area contributed by atoms with E-state index in [4.69, 9.17) is 0 Å². The summed E-state index contributed by atoms with van der Waals surface area (Å²) in [6.07, 6.45) is 0. The van der Waals surface area contributed by atoms with Crippen LogP contribution in [0.15, 0.2) is 120 Å². The SMILES string of the molecule is Brc1ccc(-c2c3ccccc3c(-c3ccccc3)c3cc4ccccc4cc23)cc1. The molecule has 0 N–H and O–H groups in total. The van der Waals surface area contributed by atoms with Gasteiger partial charge in [-0.25, -0.2) is 0 Å². The molecule has 0 aliphatic heterocycles. The number of halogens is 1. The molecule has 0 heterocycles. The first-order chi connectivity index (χ1) is 15.3. The van der Waals surface area contributed by atoms with Crippen LogP contribution in [0.3, 0.4) is 0 Å². The fourth-order valence-electron chi connectivity index (χ4n) is 4.71. The Morgan fingerprint density at radius 1 is 0.387 bits per heavy atom. The summed E-state index contributed by atoms with van der Waals surface area (Å²) in [6, 6.07) is 41.6. The average molecular weight is 459 g/mol. The van der Waals surface area contributed by atoms with Gasteiger partial charge in [-0.3, -0.25) is 0 Å². The molecule has 31 heavy (non-hydrogen) atoms. The van der Waals surface area contributed by atoms with Gasteiger partial charge in [-0.2, -0.15) is 0 Å². The van der Waals surface area contributed by atoms with Gasteiger partial charge in [0.2, 0.25) is 0 Å². The van der Waals surface area contributed by atoms with E-state index in [9.17, 15) is 0 Å². The highest BCUT2D eigenvalue weighted by Gasteiger charge is 2.17. The lowest BCUT2D eigenvalue weighted by Gasteiger charge is -2.18. The molecule has 1 heteroatoms. The Balaban J connectivity index is 1.87. The monoisotopic (exact) mass is 458 g/mol. The van der Waals surface area contributed by atoms with Gasteiger partial charge in [0.1, 0.15) is 0 Å². The van der Waals surface area contributed by atoms with Crippen LogP contribution in [-0.4, -0.2) is 0 Å². The van der Waals surface area contributed by atoms with E-state index in [0.29, 0.717) is 0 Å². The second-order valence-electron chi connectivity index (χ2n) is 7.91. The summed E-state index contributed by atoms with van der Waals surface area (Å²) in [5, 5.41) is 7.69. The van der Waals surface area contributed by atoms with Gasteiger partial charge in [0.15, 0.2) is 0 Å². The van der Waals surface area contributed by atoms with E-state index < -0.39 is 0 Å². The lowest BCUT2D eigenvalue weighted by molar-refractivity contribution is 1.63. The fraction of sp³-hybridized carbons (Fsp3) is 0. The van der Waals surface area contributed by atoms with Crippen LogP contribution in [0, 0.1) is 0 Å². The molecule has 0 saturated carbocycles. The zero-order valence-electron chi connectivity index (χ0n) is 16.8. The number of benzene rings is 6. The third-order valence-electron chi connectivity index (χ3n) is 6.09. The second kappa shape index (κ2) is 7.37. The third kappa shape index (κ3) is 3.05. The molecule has 6 rings (SSSR count). The molecule has 0 bridgehead atoms. The molecule has 6 aromatic carbocycles. The normalized spacial score (nSPS) is 11.4. The van der Waals surface area contributed by atoms with Gasteiger partial charge in [-0.15, -0.1) is 0 Å². The molecular formula is C30H19Br. The van der Waals surface area contributed by atoms with Crippen LogP contribution in [0.4, 0.5) is 0 Å². The summed E-state index contributed by atoms with van der Waals surface area (Å²) in [6.45, 7) is 0. The average Bonchev–Trinajstić information content (AvgIpc) is 2.82. The lowest BCUT2D eigenvalue weighted by atomic mass is 9.85. The molecule has 0 spiro atoms. The molecule has 0 aliphatic rings. The van der Waals surface area contributed by atoms with E-state index in [-0.39, 0.29) is 0 Å². The summed E-state index contributed by atoms with van der Waals surface area (Å²) < 4.78 is 1.09. The molecule has 0 amide bonds. The molecule has 0 saturated heterocycles. The maximum atomic E-state index is 3.59. The Labute approximate surface area is 189 Å².